The molecule has 3 rings (SSSR count). The van der Waals surface area contributed by atoms with Gasteiger partial charge >= 0.3 is 0 Å². The van der Waals surface area contributed by atoms with Crippen molar-refractivity contribution in [2.45, 2.75) is 4.90 Å². The van der Waals surface area contributed by atoms with E-state index in [1.54, 1.807) is 12.1 Å². The number of halogens is 2. The third-order valence-corrected chi connectivity index (χ3v) is 7.52. The Kier molecular flexibility index (Phi) is 7.48. The molecule has 0 unspecified atom stereocenters. The van der Waals surface area contributed by atoms with Crippen LogP contribution in [-0.4, -0.2) is 40.5 Å². The topological polar surface area (TPSA) is 126 Å². The van der Waals surface area contributed by atoms with Gasteiger partial charge < -0.3 is 5.32 Å². The Morgan fingerprint density at radius 2 is 1.67 bits per heavy atom. The summed E-state index contributed by atoms with van der Waals surface area (Å²) in [6, 6.07) is 12.7. The largest absolute Gasteiger partial charge is 0.325 e. The maximum atomic E-state index is 12.5. The molecule has 0 saturated carbocycles. The molecule has 33 heavy (non-hydrogen) atoms. The van der Waals surface area contributed by atoms with Gasteiger partial charge in [-0.25, -0.2) is 16.8 Å². The molecule has 0 radical (unpaired) electrons. The van der Waals surface area contributed by atoms with Crippen LogP contribution in [0.15, 0.2) is 71.9 Å². The smallest absolute Gasteiger partial charge is 0.261 e. The highest BCUT2D eigenvalue weighted by Crippen LogP contribution is 2.28. The Hall–Kier alpha value is -2.86. The molecule has 2 aromatic carbocycles. The standard InChI is InChI=1S/C20H18Cl2N4O5S2/c1-32(28,29)26(16-6-9-18(21)19(22)11-16)13-20(27)24-14-4-7-17(8-5-14)33(30,31)25-15-3-2-10-23-12-15/h2-12,25H,13H2,1H3,(H,24,27). The summed E-state index contributed by atoms with van der Waals surface area (Å²) in [5.74, 6) is -0.643. The van der Waals surface area contributed by atoms with Gasteiger partial charge in [-0.05, 0) is 54.6 Å². The molecule has 174 valence electrons. The summed E-state index contributed by atoms with van der Waals surface area (Å²) >= 11 is 11.8. The van der Waals surface area contributed by atoms with E-state index in [1.165, 1.54) is 54.9 Å². The Bertz CT molecular complexity index is 1370. The zero-order valence-corrected chi connectivity index (χ0v) is 20.2. The van der Waals surface area contributed by atoms with E-state index in [2.05, 4.69) is 15.0 Å². The number of hydrogen-bond acceptors (Lipinski definition) is 6. The number of nitrogens with one attached hydrogen (secondary N) is 2. The summed E-state index contributed by atoms with van der Waals surface area (Å²) in [4.78, 5) is 16.3. The third kappa shape index (κ3) is 6.57. The Morgan fingerprint density at radius 1 is 0.970 bits per heavy atom. The highest BCUT2D eigenvalue weighted by Gasteiger charge is 2.22. The number of rotatable bonds is 8. The third-order valence-electron chi connectivity index (χ3n) is 4.24. The zero-order valence-electron chi connectivity index (χ0n) is 17.1. The number of pyridine rings is 1. The molecular weight excluding hydrogens is 511 g/mol. The van der Waals surface area contributed by atoms with Crippen LogP contribution < -0.4 is 14.3 Å². The number of aromatic nitrogens is 1. The fourth-order valence-electron chi connectivity index (χ4n) is 2.73. The van der Waals surface area contributed by atoms with Crippen molar-refractivity contribution >= 4 is 66.2 Å². The van der Waals surface area contributed by atoms with Crippen molar-refractivity contribution in [1.29, 1.82) is 0 Å². The SMILES string of the molecule is CS(=O)(=O)N(CC(=O)Nc1ccc(S(=O)(=O)Nc2cccnc2)cc1)c1ccc(Cl)c(Cl)c1. The van der Waals surface area contributed by atoms with Crippen LogP contribution in [0.3, 0.4) is 0 Å². The van der Waals surface area contributed by atoms with Crippen LogP contribution >= 0.6 is 23.2 Å². The van der Waals surface area contributed by atoms with Gasteiger partial charge in [0, 0.05) is 11.9 Å². The van der Waals surface area contributed by atoms with Crippen LogP contribution in [0.2, 0.25) is 10.0 Å². The average molecular weight is 529 g/mol. The van der Waals surface area contributed by atoms with Gasteiger partial charge in [0.2, 0.25) is 15.9 Å². The van der Waals surface area contributed by atoms with Crippen molar-refractivity contribution in [3.05, 3.63) is 77.0 Å². The van der Waals surface area contributed by atoms with Gasteiger partial charge in [-0.2, -0.15) is 0 Å². The molecule has 13 heteroatoms. The predicted molar refractivity (Wildman–Crippen MR) is 129 cm³/mol. The summed E-state index contributed by atoms with van der Waals surface area (Å²) in [6.45, 7) is -0.528. The monoisotopic (exact) mass is 528 g/mol. The van der Waals surface area contributed by atoms with Crippen LogP contribution in [0, 0.1) is 0 Å². The van der Waals surface area contributed by atoms with Crippen molar-refractivity contribution in [2.24, 2.45) is 0 Å². The molecule has 2 N–H and O–H groups in total. The number of amides is 1. The van der Waals surface area contributed by atoms with E-state index in [1.807, 2.05) is 0 Å². The van der Waals surface area contributed by atoms with Gasteiger partial charge in [0.25, 0.3) is 10.0 Å². The molecule has 0 fully saturated rings. The zero-order chi connectivity index (χ0) is 24.2. The number of anilines is 3. The molecule has 0 aliphatic rings. The van der Waals surface area contributed by atoms with Gasteiger partial charge in [0.15, 0.2) is 0 Å². The maximum absolute atomic E-state index is 12.5. The van der Waals surface area contributed by atoms with E-state index in [9.17, 15) is 21.6 Å². The molecule has 0 aliphatic carbocycles. The minimum absolute atomic E-state index is 0.0297. The molecule has 1 aromatic heterocycles. The number of carbonyl (C=O) groups excluding carboxylic acids is 1. The van der Waals surface area contributed by atoms with Crippen molar-refractivity contribution < 1.29 is 21.6 Å². The predicted octanol–water partition coefficient (Wildman–Crippen LogP) is 3.59. The van der Waals surface area contributed by atoms with Crippen LogP contribution in [0.4, 0.5) is 17.1 Å². The average Bonchev–Trinajstić information content (AvgIpc) is 2.74. The van der Waals surface area contributed by atoms with E-state index < -0.39 is 32.5 Å². The quantitative estimate of drug-likeness (QED) is 0.460. The van der Waals surface area contributed by atoms with E-state index >= 15 is 0 Å². The van der Waals surface area contributed by atoms with Crippen molar-refractivity contribution in [2.75, 3.05) is 27.1 Å². The number of benzene rings is 2. The summed E-state index contributed by atoms with van der Waals surface area (Å²) in [6.07, 6.45) is 3.84. The Balaban J connectivity index is 1.72. The fraction of sp³-hybridized carbons (Fsp3) is 0.100. The van der Waals surface area contributed by atoms with E-state index in [0.717, 1.165) is 10.6 Å². The first kappa shape index (κ1) is 24.8. The lowest BCUT2D eigenvalue weighted by atomic mass is 10.3. The molecule has 0 aliphatic heterocycles. The van der Waals surface area contributed by atoms with Crippen LogP contribution in [0.5, 0.6) is 0 Å². The van der Waals surface area contributed by atoms with Crippen molar-refractivity contribution in [3.63, 3.8) is 0 Å². The fourth-order valence-corrected chi connectivity index (χ4v) is 4.91. The molecule has 3 aromatic rings. The molecule has 1 amide bonds. The normalized spacial score (nSPS) is 11.6. The van der Waals surface area contributed by atoms with Crippen LogP contribution in [0.1, 0.15) is 0 Å². The summed E-state index contributed by atoms with van der Waals surface area (Å²) < 4.78 is 52.7. The van der Waals surface area contributed by atoms with Gasteiger partial charge in [0.05, 0.1) is 38.8 Å². The van der Waals surface area contributed by atoms with Crippen LogP contribution in [0.25, 0.3) is 0 Å². The Labute approximate surface area is 201 Å². The van der Waals surface area contributed by atoms with E-state index in [0.29, 0.717) is 5.69 Å². The molecule has 9 nitrogen and oxygen atoms in total. The van der Waals surface area contributed by atoms with Gasteiger partial charge in [0.1, 0.15) is 6.54 Å². The Morgan fingerprint density at radius 3 is 2.24 bits per heavy atom. The van der Waals surface area contributed by atoms with Gasteiger partial charge in [-0.15, -0.1) is 0 Å². The lowest BCUT2D eigenvalue weighted by molar-refractivity contribution is -0.114. The second-order valence-electron chi connectivity index (χ2n) is 6.79. The number of sulfonamides is 2. The lowest BCUT2D eigenvalue weighted by Gasteiger charge is -2.22. The van der Waals surface area contributed by atoms with Gasteiger partial charge in [-0.1, -0.05) is 23.2 Å². The van der Waals surface area contributed by atoms with E-state index in [4.69, 9.17) is 23.2 Å². The number of carbonyl (C=O) groups is 1. The summed E-state index contributed by atoms with van der Waals surface area (Å²) in [5.41, 5.74) is 0.755. The highest BCUT2D eigenvalue weighted by molar-refractivity contribution is 7.92. The molecule has 0 bridgehead atoms. The first-order chi connectivity index (χ1) is 15.5. The molecular formula is C20H18Cl2N4O5S2. The highest BCUT2D eigenvalue weighted by atomic mass is 35.5. The maximum Gasteiger partial charge on any atom is 0.261 e. The number of nitrogens with zero attached hydrogens (tertiary/aromatic N) is 2. The van der Waals surface area contributed by atoms with Gasteiger partial charge in [-0.3, -0.25) is 18.8 Å². The van der Waals surface area contributed by atoms with Crippen molar-refractivity contribution in [1.82, 2.24) is 4.98 Å². The molecule has 0 spiro atoms. The molecule has 0 atom stereocenters. The first-order valence-electron chi connectivity index (χ1n) is 9.21. The van der Waals surface area contributed by atoms with Crippen LogP contribution in [-0.2, 0) is 24.8 Å². The van der Waals surface area contributed by atoms with E-state index in [-0.39, 0.29) is 26.3 Å². The summed E-state index contributed by atoms with van der Waals surface area (Å²) in [7, 11) is -7.67. The van der Waals surface area contributed by atoms with Crippen molar-refractivity contribution in [3.8, 4) is 0 Å². The first-order valence-corrected chi connectivity index (χ1v) is 13.3. The molecule has 0 saturated heterocycles. The minimum Gasteiger partial charge on any atom is -0.325 e. The second-order valence-corrected chi connectivity index (χ2v) is 11.2. The second kappa shape index (κ2) is 9.96. The number of hydrogen-bond donors (Lipinski definition) is 2. The summed E-state index contributed by atoms with van der Waals surface area (Å²) in [5, 5.41) is 2.92. The minimum atomic E-state index is -3.85. The molecule has 1 heterocycles. The lowest BCUT2D eigenvalue weighted by Crippen LogP contribution is -2.37.